The van der Waals surface area contributed by atoms with Crippen molar-refractivity contribution in [1.29, 1.82) is 0 Å². The van der Waals surface area contributed by atoms with Gasteiger partial charge in [0, 0.05) is 30.8 Å². The number of para-hydroxylation sites is 2. The first kappa shape index (κ1) is 16.8. The molecule has 1 amide bonds. The van der Waals surface area contributed by atoms with Crippen LogP contribution in [0.25, 0.3) is 21.8 Å². The SMILES string of the molecule is C=CCn1c([C@H]2CC(=O)N(c3cccc4ccccc34)C2)nc2ccccc21. The fraction of sp³-hybridized carbons (Fsp3) is 0.167. The first-order valence-electron chi connectivity index (χ1n) is 9.60. The maximum atomic E-state index is 13.0. The number of imidazole rings is 1. The van der Waals surface area contributed by atoms with Gasteiger partial charge in [-0.15, -0.1) is 6.58 Å². The van der Waals surface area contributed by atoms with Crippen LogP contribution in [0.4, 0.5) is 5.69 Å². The summed E-state index contributed by atoms with van der Waals surface area (Å²) in [5, 5.41) is 2.26. The van der Waals surface area contributed by atoms with Crippen LogP contribution in [0.3, 0.4) is 0 Å². The molecule has 1 atom stereocenters. The predicted molar refractivity (Wildman–Crippen MR) is 114 cm³/mol. The van der Waals surface area contributed by atoms with Crippen molar-refractivity contribution in [3.05, 3.63) is 85.2 Å². The molecule has 4 aromatic rings. The fourth-order valence-corrected chi connectivity index (χ4v) is 4.28. The summed E-state index contributed by atoms with van der Waals surface area (Å²) >= 11 is 0. The van der Waals surface area contributed by atoms with E-state index in [9.17, 15) is 4.79 Å². The number of benzene rings is 3. The second-order valence-corrected chi connectivity index (χ2v) is 7.26. The molecule has 0 aliphatic carbocycles. The highest BCUT2D eigenvalue weighted by Gasteiger charge is 2.35. The highest BCUT2D eigenvalue weighted by atomic mass is 16.2. The van der Waals surface area contributed by atoms with Crippen molar-refractivity contribution in [3.8, 4) is 0 Å². The predicted octanol–water partition coefficient (Wildman–Crippen LogP) is 4.90. The lowest BCUT2D eigenvalue weighted by molar-refractivity contribution is -0.117. The quantitative estimate of drug-likeness (QED) is 0.481. The zero-order valence-corrected chi connectivity index (χ0v) is 15.6. The van der Waals surface area contributed by atoms with Crippen molar-refractivity contribution in [2.75, 3.05) is 11.4 Å². The summed E-state index contributed by atoms with van der Waals surface area (Å²) in [5.74, 6) is 1.19. The minimum absolute atomic E-state index is 0.0684. The standard InChI is InChI=1S/C24H21N3O/c1-2-14-26-22-12-6-5-11-20(22)25-24(26)18-15-23(28)27(16-18)21-13-7-9-17-8-3-4-10-19(17)21/h2-13,18H,1,14-16H2/t18-/m0/s1. The molecule has 0 saturated carbocycles. The van der Waals surface area contributed by atoms with Crippen LogP contribution >= 0.6 is 0 Å². The fourth-order valence-electron chi connectivity index (χ4n) is 4.28. The smallest absolute Gasteiger partial charge is 0.227 e. The highest BCUT2D eigenvalue weighted by Crippen LogP contribution is 2.36. The molecule has 3 aromatic carbocycles. The van der Waals surface area contributed by atoms with Gasteiger partial charge in [-0.2, -0.15) is 0 Å². The molecule has 1 aromatic heterocycles. The second-order valence-electron chi connectivity index (χ2n) is 7.26. The molecule has 5 rings (SSSR count). The van der Waals surface area contributed by atoms with E-state index in [1.807, 2.05) is 53.4 Å². The van der Waals surface area contributed by atoms with Crippen LogP contribution in [0, 0.1) is 0 Å². The Kier molecular flexibility index (Phi) is 3.97. The van der Waals surface area contributed by atoms with Crippen LogP contribution in [-0.2, 0) is 11.3 Å². The van der Waals surface area contributed by atoms with E-state index < -0.39 is 0 Å². The Morgan fingerprint density at radius 2 is 1.82 bits per heavy atom. The Bertz CT molecular complexity index is 1200. The molecule has 0 bridgehead atoms. The number of nitrogens with zero attached hydrogens (tertiary/aromatic N) is 3. The molecule has 0 radical (unpaired) electrons. The third-order valence-corrected chi connectivity index (χ3v) is 5.54. The van der Waals surface area contributed by atoms with Gasteiger partial charge in [-0.05, 0) is 23.6 Å². The molecule has 1 saturated heterocycles. The molecule has 138 valence electrons. The van der Waals surface area contributed by atoms with E-state index in [1.54, 1.807) is 0 Å². The summed E-state index contributed by atoms with van der Waals surface area (Å²) in [5.41, 5.74) is 3.04. The van der Waals surface area contributed by atoms with Gasteiger partial charge >= 0.3 is 0 Å². The van der Waals surface area contributed by atoms with E-state index >= 15 is 0 Å². The van der Waals surface area contributed by atoms with Crippen LogP contribution in [0.5, 0.6) is 0 Å². The number of carbonyl (C=O) groups is 1. The van der Waals surface area contributed by atoms with Gasteiger partial charge < -0.3 is 9.47 Å². The lowest BCUT2D eigenvalue weighted by Crippen LogP contribution is -2.24. The molecule has 1 aliphatic heterocycles. The zero-order chi connectivity index (χ0) is 19.1. The van der Waals surface area contributed by atoms with Crippen LogP contribution < -0.4 is 4.90 Å². The van der Waals surface area contributed by atoms with Gasteiger partial charge in [-0.1, -0.05) is 54.6 Å². The van der Waals surface area contributed by atoms with Gasteiger partial charge in [0.2, 0.25) is 5.91 Å². The van der Waals surface area contributed by atoms with Crippen LogP contribution in [0.1, 0.15) is 18.2 Å². The number of fused-ring (bicyclic) bond motifs is 2. The van der Waals surface area contributed by atoms with Crippen molar-refractivity contribution in [1.82, 2.24) is 9.55 Å². The summed E-state index contributed by atoms with van der Waals surface area (Å²) in [6.07, 6.45) is 2.36. The second kappa shape index (κ2) is 6.64. The maximum absolute atomic E-state index is 13.0. The van der Waals surface area contributed by atoms with E-state index in [-0.39, 0.29) is 11.8 Å². The van der Waals surface area contributed by atoms with E-state index in [0.29, 0.717) is 19.5 Å². The summed E-state index contributed by atoms with van der Waals surface area (Å²) < 4.78 is 2.19. The molecular formula is C24H21N3O. The number of hydrogen-bond acceptors (Lipinski definition) is 2. The largest absolute Gasteiger partial charge is 0.324 e. The molecule has 4 nitrogen and oxygen atoms in total. The minimum Gasteiger partial charge on any atom is -0.324 e. The molecule has 1 aliphatic rings. The number of hydrogen-bond donors (Lipinski definition) is 0. The Hall–Kier alpha value is -3.40. The van der Waals surface area contributed by atoms with Gasteiger partial charge in [0.05, 0.1) is 16.7 Å². The topological polar surface area (TPSA) is 38.1 Å². The highest BCUT2D eigenvalue weighted by molar-refractivity contribution is 6.05. The number of allylic oxidation sites excluding steroid dienone is 1. The molecule has 0 N–H and O–H groups in total. The average Bonchev–Trinajstić information content (AvgIpc) is 3.29. The summed E-state index contributed by atoms with van der Waals surface area (Å²) in [4.78, 5) is 19.8. The molecular weight excluding hydrogens is 346 g/mol. The third kappa shape index (κ3) is 2.61. The molecule has 2 heterocycles. The van der Waals surface area contributed by atoms with Gasteiger partial charge in [-0.3, -0.25) is 4.79 Å². The Labute approximate surface area is 163 Å². The van der Waals surface area contributed by atoms with E-state index in [0.717, 1.165) is 33.3 Å². The van der Waals surface area contributed by atoms with Gasteiger partial charge in [-0.25, -0.2) is 4.98 Å². The minimum atomic E-state index is 0.0684. The Morgan fingerprint density at radius 3 is 2.71 bits per heavy atom. The number of amides is 1. The van der Waals surface area contributed by atoms with Crippen molar-refractivity contribution in [2.45, 2.75) is 18.9 Å². The molecule has 4 heteroatoms. The van der Waals surface area contributed by atoms with Crippen molar-refractivity contribution in [2.24, 2.45) is 0 Å². The lowest BCUT2D eigenvalue weighted by atomic mass is 10.1. The van der Waals surface area contributed by atoms with Gasteiger partial charge in [0.25, 0.3) is 0 Å². The average molecular weight is 367 g/mol. The van der Waals surface area contributed by atoms with Crippen LogP contribution in [0.2, 0.25) is 0 Å². The Balaban J connectivity index is 1.56. The summed E-state index contributed by atoms with van der Waals surface area (Å²) in [6, 6.07) is 22.5. The number of rotatable bonds is 4. The first-order valence-corrected chi connectivity index (χ1v) is 9.60. The summed E-state index contributed by atoms with van der Waals surface area (Å²) in [7, 11) is 0. The van der Waals surface area contributed by atoms with Crippen molar-refractivity contribution in [3.63, 3.8) is 0 Å². The van der Waals surface area contributed by atoms with Crippen molar-refractivity contribution >= 4 is 33.4 Å². The zero-order valence-electron chi connectivity index (χ0n) is 15.6. The number of anilines is 1. The number of carbonyl (C=O) groups excluding carboxylic acids is 1. The van der Waals surface area contributed by atoms with Crippen molar-refractivity contribution < 1.29 is 4.79 Å². The van der Waals surface area contributed by atoms with Gasteiger partial charge in [0.1, 0.15) is 5.82 Å². The first-order chi connectivity index (χ1) is 13.8. The molecule has 1 fully saturated rings. The lowest BCUT2D eigenvalue weighted by Gasteiger charge is -2.19. The van der Waals surface area contributed by atoms with E-state index in [1.165, 1.54) is 0 Å². The molecule has 0 spiro atoms. The van der Waals surface area contributed by atoms with E-state index in [4.69, 9.17) is 4.98 Å². The monoisotopic (exact) mass is 367 g/mol. The maximum Gasteiger partial charge on any atom is 0.227 e. The van der Waals surface area contributed by atoms with E-state index in [2.05, 4.69) is 35.4 Å². The van der Waals surface area contributed by atoms with Crippen LogP contribution in [0.15, 0.2) is 79.4 Å². The van der Waals surface area contributed by atoms with Crippen LogP contribution in [-0.4, -0.2) is 22.0 Å². The normalized spacial score (nSPS) is 16.9. The molecule has 28 heavy (non-hydrogen) atoms. The third-order valence-electron chi connectivity index (χ3n) is 5.54. The molecule has 0 unspecified atom stereocenters. The Morgan fingerprint density at radius 1 is 1.04 bits per heavy atom. The number of aromatic nitrogens is 2. The summed E-state index contributed by atoms with van der Waals surface area (Å²) in [6.45, 7) is 5.23. The van der Waals surface area contributed by atoms with Gasteiger partial charge in [0.15, 0.2) is 0 Å².